The molecule has 1 aromatic rings. The van der Waals surface area contributed by atoms with Crippen molar-refractivity contribution in [2.24, 2.45) is 0 Å². The summed E-state index contributed by atoms with van der Waals surface area (Å²) in [5, 5.41) is 9.08. The SMILES string of the molecule is CN1CCN(c2ccccc2F)CC1C(=O)O. The molecule has 1 unspecified atom stereocenters. The van der Waals surface area contributed by atoms with Crippen LogP contribution in [0.1, 0.15) is 0 Å². The van der Waals surface area contributed by atoms with Crippen molar-refractivity contribution in [2.45, 2.75) is 6.04 Å². The highest BCUT2D eigenvalue weighted by molar-refractivity contribution is 5.75. The summed E-state index contributed by atoms with van der Waals surface area (Å²) in [6.07, 6.45) is 0. The Morgan fingerprint density at radius 2 is 2.12 bits per heavy atom. The van der Waals surface area contributed by atoms with Crippen LogP contribution < -0.4 is 4.90 Å². The molecule has 4 nitrogen and oxygen atoms in total. The van der Waals surface area contributed by atoms with Crippen LogP contribution in [0.4, 0.5) is 10.1 Å². The van der Waals surface area contributed by atoms with Crippen molar-refractivity contribution in [3.8, 4) is 0 Å². The van der Waals surface area contributed by atoms with Gasteiger partial charge in [-0.1, -0.05) is 12.1 Å². The van der Waals surface area contributed by atoms with Gasteiger partial charge in [0.1, 0.15) is 11.9 Å². The summed E-state index contributed by atoms with van der Waals surface area (Å²) < 4.78 is 13.6. The van der Waals surface area contributed by atoms with Crippen molar-refractivity contribution >= 4 is 11.7 Å². The summed E-state index contributed by atoms with van der Waals surface area (Å²) in [7, 11) is 1.78. The van der Waals surface area contributed by atoms with Gasteiger partial charge in [0.25, 0.3) is 0 Å². The minimum atomic E-state index is -0.867. The summed E-state index contributed by atoms with van der Waals surface area (Å²) in [4.78, 5) is 14.6. The number of hydrogen-bond donors (Lipinski definition) is 1. The number of anilines is 1. The number of nitrogens with zero attached hydrogens (tertiary/aromatic N) is 2. The number of carboxylic acids is 1. The standard InChI is InChI=1S/C12H15FN2O2/c1-14-6-7-15(8-11(14)12(16)17)10-5-3-2-4-9(10)13/h2-5,11H,6-8H2,1H3,(H,16,17). The number of halogens is 1. The van der Waals surface area contributed by atoms with Crippen molar-refractivity contribution < 1.29 is 14.3 Å². The summed E-state index contributed by atoms with van der Waals surface area (Å²) >= 11 is 0. The van der Waals surface area contributed by atoms with Gasteiger partial charge in [-0.25, -0.2) is 4.39 Å². The fourth-order valence-corrected chi connectivity index (χ4v) is 2.07. The van der Waals surface area contributed by atoms with E-state index in [0.29, 0.717) is 25.3 Å². The number of carbonyl (C=O) groups is 1. The number of rotatable bonds is 2. The number of piperazine rings is 1. The van der Waals surface area contributed by atoms with Crippen LogP contribution in [0.25, 0.3) is 0 Å². The number of likely N-dealkylation sites (N-methyl/N-ethyl adjacent to an activating group) is 1. The van der Waals surface area contributed by atoms with Gasteiger partial charge in [0.05, 0.1) is 5.69 Å². The van der Waals surface area contributed by atoms with Crippen molar-refractivity contribution in [1.29, 1.82) is 0 Å². The predicted octanol–water partition coefficient (Wildman–Crippen LogP) is 1.03. The van der Waals surface area contributed by atoms with Crippen LogP contribution >= 0.6 is 0 Å². The average Bonchev–Trinajstić information content (AvgIpc) is 2.30. The summed E-state index contributed by atoms with van der Waals surface area (Å²) in [6, 6.07) is 5.88. The van der Waals surface area contributed by atoms with Gasteiger partial charge in [-0.15, -0.1) is 0 Å². The third kappa shape index (κ3) is 2.39. The number of hydrogen-bond acceptors (Lipinski definition) is 3. The van der Waals surface area contributed by atoms with E-state index in [1.807, 2.05) is 0 Å². The average molecular weight is 238 g/mol. The van der Waals surface area contributed by atoms with Gasteiger partial charge >= 0.3 is 5.97 Å². The molecule has 0 saturated carbocycles. The molecule has 1 aliphatic heterocycles. The fourth-order valence-electron chi connectivity index (χ4n) is 2.07. The minimum Gasteiger partial charge on any atom is -0.480 e. The number of para-hydroxylation sites is 1. The van der Waals surface area contributed by atoms with E-state index in [4.69, 9.17) is 5.11 Å². The highest BCUT2D eigenvalue weighted by Gasteiger charge is 2.30. The van der Waals surface area contributed by atoms with Gasteiger partial charge in [0, 0.05) is 19.6 Å². The third-order valence-electron chi connectivity index (χ3n) is 3.13. The van der Waals surface area contributed by atoms with Gasteiger partial charge in [-0.05, 0) is 19.2 Å². The first-order valence-corrected chi connectivity index (χ1v) is 5.52. The molecule has 0 amide bonds. The molecule has 0 aliphatic carbocycles. The normalized spacial score (nSPS) is 21.5. The summed E-state index contributed by atoms with van der Waals surface area (Å²) in [5.74, 6) is -1.17. The molecule has 0 aromatic heterocycles. The first kappa shape index (κ1) is 11.9. The second-order valence-corrected chi connectivity index (χ2v) is 4.23. The zero-order chi connectivity index (χ0) is 12.4. The molecular weight excluding hydrogens is 223 g/mol. The lowest BCUT2D eigenvalue weighted by Gasteiger charge is -2.38. The van der Waals surface area contributed by atoms with Gasteiger partial charge in [0.15, 0.2) is 0 Å². The number of aliphatic carboxylic acids is 1. The Morgan fingerprint density at radius 1 is 1.41 bits per heavy atom. The molecule has 5 heteroatoms. The molecule has 17 heavy (non-hydrogen) atoms. The van der Waals surface area contributed by atoms with Gasteiger partial charge in [0.2, 0.25) is 0 Å². The Hall–Kier alpha value is -1.62. The monoisotopic (exact) mass is 238 g/mol. The second kappa shape index (κ2) is 4.71. The maximum absolute atomic E-state index is 13.6. The van der Waals surface area contributed by atoms with E-state index < -0.39 is 12.0 Å². The zero-order valence-corrected chi connectivity index (χ0v) is 9.64. The van der Waals surface area contributed by atoms with Crippen molar-refractivity contribution in [2.75, 3.05) is 31.6 Å². The van der Waals surface area contributed by atoms with Crippen LogP contribution in [0.15, 0.2) is 24.3 Å². The van der Waals surface area contributed by atoms with E-state index in [2.05, 4.69) is 0 Å². The Bertz CT molecular complexity index is 425. The van der Waals surface area contributed by atoms with Crippen LogP contribution in [0.3, 0.4) is 0 Å². The number of benzene rings is 1. The molecule has 1 atom stereocenters. The Kier molecular flexibility index (Phi) is 3.28. The molecule has 1 fully saturated rings. The van der Waals surface area contributed by atoms with E-state index in [1.165, 1.54) is 6.07 Å². The predicted molar refractivity (Wildman–Crippen MR) is 62.7 cm³/mol. The second-order valence-electron chi connectivity index (χ2n) is 4.23. The molecule has 0 spiro atoms. The van der Waals surface area contributed by atoms with Crippen molar-refractivity contribution in [3.63, 3.8) is 0 Å². The maximum Gasteiger partial charge on any atom is 0.322 e. The van der Waals surface area contributed by atoms with E-state index in [-0.39, 0.29) is 5.82 Å². The smallest absolute Gasteiger partial charge is 0.322 e. The highest BCUT2D eigenvalue weighted by atomic mass is 19.1. The molecule has 0 bridgehead atoms. The lowest BCUT2D eigenvalue weighted by Crippen LogP contribution is -2.55. The van der Waals surface area contributed by atoms with E-state index in [1.54, 1.807) is 35.0 Å². The largest absolute Gasteiger partial charge is 0.480 e. The molecule has 1 aliphatic rings. The van der Waals surface area contributed by atoms with Crippen LogP contribution in [0.5, 0.6) is 0 Å². The molecule has 92 valence electrons. The molecule has 2 rings (SSSR count). The van der Waals surface area contributed by atoms with Crippen LogP contribution in [-0.4, -0.2) is 48.7 Å². The quantitative estimate of drug-likeness (QED) is 0.835. The maximum atomic E-state index is 13.6. The van der Waals surface area contributed by atoms with E-state index in [9.17, 15) is 9.18 Å². The first-order chi connectivity index (χ1) is 8.09. The van der Waals surface area contributed by atoms with Gasteiger partial charge in [-0.2, -0.15) is 0 Å². The Balaban J connectivity index is 2.19. The van der Waals surface area contributed by atoms with E-state index in [0.717, 1.165) is 0 Å². The minimum absolute atomic E-state index is 0.304. The van der Waals surface area contributed by atoms with Gasteiger partial charge in [-0.3, -0.25) is 9.69 Å². The van der Waals surface area contributed by atoms with Crippen LogP contribution in [0.2, 0.25) is 0 Å². The molecule has 1 heterocycles. The first-order valence-electron chi connectivity index (χ1n) is 5.52. The Labute approximate surface area is 99.3 Å². The summed E-state index contributed by atoms with van der Waals surface area (Å²) in [5.41, 5.74) is 0.479. The lowest BCUT2D eigenvalue weighted by atomic mass is 10.1. The lowest BCUT2D eigenvalue weighted by molar-refractivity contribution is -0.142. The Morgan fingerprint density at radius 3 is 2.76 bits per heavy atom. The molecule has 1 aromatic carbocycles. The topological polar surface area (TPSA) is 43.8 Å². The fraction of sp³-hybridized carbons (Fsp3) is 0.417. The molecule has 1 saturated heterocycles. The van der Waals surface area contributed by atoms with Crippen molar-refractivity contribution in [3.05, 3.63) is 30.1 Å². The highest BCUT2D eigenvalue weighted by Crippen LogP contribution is 2.21. The zero-order valence-electron chi connectivity index (χ0n) is 9.64. The summed E-state index contributed by atoms with van der Waals surface area (Å²) in [6.45, 7) is 1.57. The van der Waals surface area contributed by atoms with E-state index >= 15 is 0 Å². The van der Waals surface area contributed by atoms with Crippen LogP contribution in [0, 0.1) is 5.82 Å². The molecule has 1 N–H and O–H groups in total. The molecule has 0 radical (unpaired) electrons. The number of carboxylic acid groups (broad SMARTS) is 1. The van der Waals surface area contributed by atoms with Crippen LogP contribution in [-0.2, 0) is 4.79 Å². The molecular formula is C12H15FN2O2. The third-order valence-corrected chi connectivity index (χ3v) is 3.13. The van der Waals surface area contributed by atoms with Gasteiger partial charge < -0.3 is 10.0 Å². The van der Waals surface area contributed by atoms with Crippen molar-refractivity contribution in [1.82, 2.24) is 4.90 Å².